The SMILES string of the molecule is Cn1cc(CC(=O)N2CCCC2)c2cc(F)ccc21. The van der Waals surface area contributed by atoms with E-state index in [1.807, 2.05) is 22.7 Å². The van der Waals surface area contributed by atoms with Crippen LogP contribution in [0.2, 0.25) is 0 Å². The van der Waals surface area contributed by atoms with Gasteiger partial charge in [0.1, 0.15) is 5.82 Å². The van der Waals surface area contributed by atoms with E-state index in [4.69, 9.17) is 0 Å². The molecule has 0 aliphatic carbocycles. The first-order valence-corrected chi connectivity index (χ1v) is 6.66. The second-order valence-electron chi connectivity index (χ2n) is 5.19. The lowest BCUT2D eigenvalue weighted by Crippen LogP contribution is -2.28. The van der Waals surface area contributed by atoms with Crippen molar-refractivity contribution in [2.75, 3.05) is 13.1 Å². The van der Waals surface area contributed by atoms with Gasteiger partial charge in [0.15, 0.2) is 0 Å². The van der Waals surface area contributed by atoms with E-state index in [0.717, 1.165) is 42.4 Å². The zero-order valence-corrected chi connectivity index (χ0v) is 11.0. The second kappa shape index (κ2) is 4.68. The standard InChI is InChI=1S/C15H17FN2O/c1-17-10-11(8-15(19)18-6-2-3-7-18)13-9-12(16)4-5-14(13)17/h4-5,9-10H,2-3,6-8H2,1H3. The Hall–Kier alpha value is -1.84. The van der Waals surface area contributed by atoms with E-state index in [-0.39, 0.29) is 11.7 Å². The molecule has 4 heteroatoms. The lowest BCUT2D eigenvalue weighted by Gasteiger charge is -2.14. The Morgan fingerprint density at radius 3 is 2.79 bits per heavy atom. The average molecular weight is 260 g/mol. The molecule has 1 aliphatic heterocycles. The summed E-state index contributed by atoms with van der Waals surface area (Å²) < 4.78 is 15.3. The zero-order chi connectivity index (χ0) is 13.4. The van der Waals surface area contributed by atoms with Crippen molar-refractivity contribution in [3.8, 4) is 0 Å². The molecule has 3 rings (SSSR count). The number of rotatable bonds is 2. The van der Waals surface area contributed by atoms with Gasteiger partial charge < -0.3 is 9.47 Å². The minimum Gasteiger partial charge on any atom is -0.350 e. The Kier molecular flexibility index (Phi) is 3.01. The molecular weight excluding hydrogens is 243 g/mol. The van der Waals surface area contributed by atoms with Crippen molar-refractivity contribution < 1.29 is 9.18 Å². The number of fused-ring (bicyclic) bond motifs is 1. The summed E-state index contributed by atoms with van der Waals surface area (Å²) in [6, 6.07) is 4.73. The molecule has 2 heterocycles. The Bertz CT molecular complexity index is 626. The number of halogens is 1. The summed E-state index contributed by atoms with van der Waals surface area (Å²) in [5.41, 5.74) is 1.87. The summed E-state index contributed by atoms with van der Waals surface area (Å²) in [6.45, 7) is 1.72. The van der Waals surface area contributed by atoms with Crippen molar-refractivity contribution in [1.29, 1.82) is 0 Å². The number of aromatic nitrogens is 1. The third-order valence-corrected chi connectivity index (χ3v) is 3.83. The number of benzene rings is 1. The molecule has 1 aromatic carbocycles. The van der Waals surface area contributed by atoms with Crippen LogP contribution in [0.4, 0.5) is 4.39 Å². The van der Waals surface area contributed by atoms with E-state index >= 15 is 0 Å². The van der Waals surface area contributed by atoms with Crippen LogP contribution in [0.5, 0.6) is 0 Å². The van der Waals surface area contributed by atoms with E-state index in [1.54, 1.807) is 6.07 Å². The van der Waals surface area contributed by atoms with Gasteiger partial charge in [0.25, 0.3) is 0 Å². The van der Waals surface area contributed by atoms with Crippen LogP contribution in [-0.2, 0) is 18.3 Å². The molecule has 100 valence electrons. The average Bonchev–Trinajstić information content (AvgIpc) is 2.99. The van der Waals surface area contributed by atoms with Crippen LogP contribution in [0, 0.1) is 5.82 Å². The minimum atomic E-state index is -0.256. The maximum Gasteiger partial charge on any atom is 0.227 e. The van der Waals surface area contributed by atoms with E-state index in [9.17, 15) is 9.18 Å². The van der Waals surface area contributed by atoms with Gasteiger partial charge in [-0.3, -0.25) is 4.79 Å². The highest BCUT2D eigenvalue weighted by Gasteiger charge is 2.19. The molecule has 2 aromatic rings. The summed E-state index contributed by atoms with van der Waals surface area (Å²) >= 11 is 0. The van der Waals surface area contributed by atoms with Gasteiger partial charge in [-0.1, -0.05) is 0 Å². The summed E-state index contributed by atoms with van der Waals surface area (Å²) in [5, 5.41) is 0.843. The second-order valence-corrected chi connectivity index (χ2v) is 5.19. The monoisotopic (exact) mass is 260 g/mol. The fraction of sp³-hybridized carbons (Fsp3) is 0.400. The quantitative estimate of drug-likeness (QED) is 0.814. The maximum absolute atomic E-state index is 13.4. The molecular formula is C15H17FN2O. The van der Waals surface area contributed by atoms with Crippen LogP contribution in [0.15, 0.2) is 24.4 Å². The van der Waals surface area contributed by atoms with Crippen LogP contribution in [-0.4, -0.2) is 28.5 Å². The number of amides is 1. The molecule has 19 heavy (non-hydrogen) atoms. The number of hydrogen-bond donors (Lipinski definition) is 0. The van der Waals surface area contributed by atoms with Gasteiger partial charge in [-0.05, 0) is 36.6 Å². The van der Waals surface area contributed by atoms with Crippen LogP contribution < -0.4 is 0 Å². The number of likely N-dealkylation sites (tertiary alicyclic amines) is 1. The topological polar surface area (TPSA) is 25.2 Å². The Balaban J connectivity index is 1.92. The van der Waals surface area contributed by atoms with Crippen LogP contribution in [0.3, 0.4) is 0 Å². The molecule has 1 aromatic heterocycles. The van der Waals surface area contributed by atoms with Gasteiger partial charge in [0, 0.05) is 37.2 Å². The molecule has 1 fully saturated rings. The zero-order valence-electron chi connectivity index (χ0n) is 11.0. The Morgan fingerprint density at radius 1 is 1.32 bits per heavy atom. The molecule has 0 unspecified atom stereocenters. The van der Waals surface area contributed by atoms with Crippen molar-refractivity contribution in [3.05, 3.63) is 35.8 Å². The Labute approximate surface area is 111 Å². The van der Waals surface area contributed by atoms with E-state index < -0.39 is 0 Å². The molecule has 0 atom stereocenters. The molecule has 0 bridgehead atoms. The number of carbonyl (C=O) groups is 1. The summed E-state index contributed by atoms with van der Waals surface area (Å²) in [6.07, 6.45) is 4.48. The molecule has 0 N–H and O–H groups in total. The number of hydrogen-bond acceptors (Lipinski definition) is 1. The summed E-state index contributed by atoms with van der Waals surface area (Å²) in [7, 11) is 1.92. The van der Waals surface area contributed by atoms with Gasteiger partial charge in [-0.15, -0.1) is 0 Å². The highest BCUT2D eigenvalue weighted by Crippen LogP contribution is 2.23. The van der Waals surface area contributed by atoms with Crippen molar-refractivity contribution in [3.63, 3.8) is 0 Å². The smallest absolute Gasteiger partial charge is 0.227 e. The van der Waals surface area contributed by atoms with Crippen molar-refractivity contribution in [2.45, 2.75) is 19.3 Å². The first-order valence-electron chi connectivity index (χ1n) is 6.66. The summed E-state index contributed by atoms with van der Waals surface area (Å²) in [5.74, 6) is -0.108. The van der Waals surface area contributed by atoms with E-state index in [0.29, 0.717) is 6.42 Å². The van der Waals surface area contributed by atoms with E-state index in [2.05, 4.69) is 0 Å². The minimum absolute atomic E-state index is 0.147. The molecule has 1 aliphatic rings. The van der Waals surface area contributed by atoms with Crippen LogP contribution >= 0.6 is 0 Å². The third kappa shape index (κ3) is 2.23. The maximum atomic E-state index is 13.4. The molecule has 1 saturated heterocycles. The predicted octanol–water partition coefficient (Wildman–Crippen LogP) is 2.48. The van der Waals surface area contributed by atoms with Gasteiger partial charge >= 0.3 is 0 Å². The largest absolute Gasteiger partial charge is 0.350 e. The van der Waals surface area contributed by atoms with Crippen molar-refractivity contribution in [1.82, 2.24) is 9.47 Å². The fourth-order valence-corrected chi connectivity index (χ4v) is 2.83. The number of aryl methyl sites for hydroxylation is 1. The predicted molar refractivity (Wildman–Crippen MR) is 72.4 cm³/mol. The van der Waals surface area contributed by atoms with Gasteiger partial charge in [0.2, 0.25) is 5.91 Å². The molecule has 3 nitrogen and oxygen atoms in total. The highest BCUT2D eigenvalue weighted by molar-refractivity contribution is 5.89. The first-order chi connectivity index (χ1) is 9.15. The number of carbonyl (C=O) groups excluding carboxylic acids is 1. The van der Waals surface area contributed by atoms with Crippen LogP contribution in [0.25, 0.3) is 10.9 Å². The van der Waals surface area contributed by atoms with Gasteiger partial charge in [-0.2, -0.15) is 0 Å². The molecule has 1 amide bonds. The summed E-state index contributed by atoms with van der Waals surface area (Å²) in [4.78, 5) is 14.1. The first kappa shape index (κ1) is 12.2. The fourth-order valence-electron chi connectivity index (χ4n) is 2.83. The van der Waals surface area contributed by atoms with Gasteiger partial charge in [-0.25, -0.2) is 4.39 Å². The lowest BCUT2D eigenvalue weighted by molar-refractivity contribution is -0.129. The van der Waals surface area contributed by atoms with Crippen molar-refractivity contribution >= 4 is 16.8 Å². The Morgan fingerprint density at radius 2 is 2.05 bits per heavy atom. The highest BCUT2D eigenvalue weighted by atomic mass is 19.1. The molecule has 0 spiro atoms. The van der Waals surface area contributed by atoms with Crippen molar-refractivity contribution in [2.24, 2.45) is 7.05 Å². The third-order valence-electron chi connectivity index (χ3n) is 3.83. The van der Waals surface area contributed by atoms with E-state index in [1.165, 1.54) is 12.1 Å². The lowest BCUT2D eigenvalue weighted by atomic mass is 10.1. The van der Waals surface area contributed by atoms with Gasteiger partial charge in [0.05, 0.1) is 6.42 Å². The molecule has 0 radical (unpaired) electrons. The molecule has 0 saturated carbocycles. The van der Waals surface area contributed by atoms with Crippen LogP contribution in [0.1, 0.15) is 18.4 Å². The number of nitrogens with zero attached hydrogens (tertiary/aromatic N) is 2. The normalized spacial score (nSPS) is 15.4.